The Hall–Kier alpha value is -0.830. The number of hydrogen-bond acceptors (Lipinski definition) is 2. The van der Waals surface area contributed by atoms with Crippen LogP contribution in [0.2, 0.25) is 0 Å². The highest BCUT2D eigenvalue weighted by Crippen LogP contribution is 2.30. The lowest BCUT2D eigenvalue weighted by Crippen LogP contribution is -2.39. The van der Waals surface area contributed by atoms with Gasteiger partial charge in [-0.1, -0.05) is 19.8 Å². The van der Waals surface area contributed by atoms with Crippen molar-refractivity contribution < 1.29 is 0 Å². The van der Waals surface area contributed by atoms with E-state index in [2.05, 4.69) is 23.7 Å². The summed E-state index contributed by atoms with van der Waals surface area (Å²) >= 11 is 0. The Bertz CT molecular complexity index is 443. The summed E-state index contributed by atoms with van der Waals surface area (Å²) < 4.78 is 2.53. The minimum absolute atomic E-state index is 0.640. The third-order valence-corrected chi connectivity index (χ3v) is 5.24. The van der Waals surface area contributed by atoms with Gasteiger partial charge in [-0.15, -0.1) is 0 Å². The first kappa shape index (κ1) is 14.1. The van der Waals surface area contributed by atoms with Gasteiger partial charge >= 0.3 is 0 Å². The molecule has 1 heterocycles. The Morgan fingerprint density at radius 2 is 1.95 bits per heavy atom. The van der Waals surface area contributed by atoms with Crippen molar-refractivity contribution >= 4 is 0 Å². The fraction of sp³-hybridized carbons (Fsp3) is 0.824. The molecular formula is C17H29N3. The Morgan fingerprint density at radius 3 is 2.70 bits per heavy atom. The lowest BCUT2D eigenvalue weighted by Gasteiger charge is -2.27. The molecule has 20 heavy (non-hydrogen) atoms. The summed E-state index contributed by atoms with van der Waals surface area (Å²) in [5.74, 6) is 2.11. The topological polar surface area (TPSA) is 29.9 Å². The molecule has 0 spiro atoms. The van der Waals surface area contributed by atoms with E-state index in [9.17, 15) is 0 Å². The number of fused-ring (bicyclic) bond motifs is 1. The smallest absolute Gasteiger partial charge is 0.106 e. The van der Waals surface area contributed by atoms with Crippen molar-refractivity contribution in [2.75, 3.05) is 6.54 Å². The van der Waals surface area contributed by atoms with Crippen LogP contribution in [0.25, 0.3) is 0 Å². The van der Waals surface area contributed by atoms with Crippen LogP contribution < -0.4 is 5.32 Å². The maximum absolute atomic E-state index is 4.83. The number of aryl methyl sites for hydroxylation is 2. The van der Waals surface area contributed by atoms with Gasteiger partial charge < -0.3 is 9.88 Å². The Balaban J connectivity index is 1.79. The third kappa shape index (κ3) is 2.78. The molecular weight excluding hydrogens is 246 g/mol. The van der Waals surface area contributed by atoms with Gasteiger partial charge in [0.25, 0.3) is 0 Å². The molecule has 1 aromatic rings. The molecule has 0 aliphatic heterocycles. The van der Waals surface area contributed by atoms with Crippen molar-refractivity contribution in [2.45, 2.75) is 77.8 Å². The normalized spacial score (nSPS) is 21.1. The first-order valence-corrected chi connectivity index (χ1v) is 8.58. The molecule has 1 N–H and O–H groups in total. The minimum atomic E-state index is 0.640. The van der Waals surface area contributed by atoms with E-state index in [1.54, 1.807) is 0 Å². The number of rotatable bonds is 5. The van der Waals surface area contributed by atoms with Gasteiger partial charge in [-0.05, 0) is 57.9 Å². The van der Waals surface area contributed by atoms with E-state index in [4.69, 9.17) is 4.98 Å². The molecule has 2 aliphatic carbocycles. The highest BCUT2D eigenvalue weighted by molar-refractivity contribution is 5.20. The van der Waals surface area contributed by atoms with Crippen molar-refractivity contribution in [1.29, 1.82) is 0 Å². The molecule has 2 aliphatic rings. The van der Waals surface area contributed by atoms with E-state index < -0.39 is 0 Å². The first-order valence-electron chi connectivity index (χ1n) is 8.58. The number of imidazole rings is 1. The van der Waals surface area contributed by atoms with Crippen LogP contribution in [0.1, 0.15) is 62.7 Å². The van der Waals surface area contributed by atoms with Crippen molar-refractivity contribution in [3.05, 3.63) is 17.2 Å². The molecule has 0 amide bonds. The molecule has 1 atom stereocenters. The van der Waals surface area contributed by atoms with E-state index in [1.165, 1.54) is 68.6 Å². The van der Waals surface area contributed by atoms with Gasteiger partial charge in [0.15, 0.2) is 0 Å². The van der Waals surface area contributed by atoms with E-state index >= 15 is 0 Å². The maximum atomic E-state index is 4.83. The predicted molar refractivity (Wildman–Crippen MR) is 83.0 cm³/mol. The van der Waals surface area contributed by atoms with Gasteiger partial charge in [0.2, 0.25) is 0 Å². The van der Waals surface area contributed by atoms with Gasteiger partial charge in [0.1, 0.15) is 5.82 Å². The highest BCUT2D eigenvalue weighted by atomic mass is 15.1. The summed E-state index contributed by atoms with van der Waals surface area (Å²) in [6.07, 6.45) is 10.8. The van der Waals surface area contributed by atoms with Crippen molar-refractivity contribution in [3.63, 3.8) is 0 Å². The molecule has 0 radical (unpaired) electrons. The van der Waals surface area contributed by atoms with Crippen LogP contribution in [0.3, 0.4) is 0 Å². The number of likely N-dealkylation sites (N-methyl/N-ethyl adjacent to an activating group) is 1. The first-order chi connectivity index (χ1) is 9.79. The maximum Gasteiger partial charge on any atom is 0.106 e. The summed E-state index contributed by atoms with van der Waals surface area (Å²) in [5, 5.41) is 3.75. The van der Waals surface area contributed by atoms with Gasteiger partial charge in [-0.25, -0.2) is 4.98 Å². The van der Waals surface area contributed by atoms with Gasteiger partial charge in [-0.3, -0.25) is 0 Å². The number of nitrogens with one attached hydrogen (secondary N) is 1. The second kappa shape index (κ2) is 6.30. The van der Waals surface area contributed by atoms with Crippen LogP contribution in [0.5, 0.6) is 0 Å². The molecule has 1 saturated carbocycles. The number of hydrogen-bond donors (Lipinski definition) is 1. The largest absolute Gasteiger partial charge is 0.330 e. The van der Waals surface area contributed by atoms with Crippen LogP contribution in [-0.4, -0.2) is 22.1 Å². The van der Waals surface area contributed by atoms with E-state index in [0.29, 0.717) is 6.04 Å². The monoisotopic (exact) mass is 275 g/mol. The molecule has 1 aromatic heterocycles. The zero-order valence-corrected chi connectivity index (χ0v) is 13.1. The summed E-state index contributed by atoms with van der Waals surface area (Å²) in [4.78, 5) is 4.83. The summed E-state index contributed by atoms with van der Waals surface area (Å²) in [5.41, 5.74) is 2.92. The van der Waals surface area contributed by atoms with E-state index in [0.717, 1.165) is 19.0 Å². The summed E-state index contributed by atoms with van der Waals surface area (Å²) in [6.45, 7) is 6.64. The van der Waals surface area contributed by atoms with Crippen LogP contribution >= 0.6 is 0 Å². The zero-order valence-electron chi connectivity index (χ0n) is 13.1. The number of nitrogens with zero attached hydrogens (tertiary/aromatic N) is 2. The van der Waals surface area contributed by atoms with E-state index in [-0.39, 0.29) is 0 Å². The molecule has 3 heteroatoms. The lowest BCUT2D eigenvalue weighted by atomic mass is 9.97. The SMILES string of the molecule is CCNC(Cn1c(C)nc2c1CCCC2)C1CCCC1. The molecule has 0 bridgehead atoms. The summed E-state index contributed by atoms with van der Waals surface area (Å²) in [7, 11) is 0. The Kier molecular flexibility index (Phi) is 4.45. The van der Waals surface area contributed by atoms with Gasteiger partial charge in [-0.2, -0.15) is 0 Å². The zero-order chi connectivity index (χ0) is 13.9. The van der Waals surface area contributed by atoms with Gasteiger partial charge in [0, 0.05) is 18.3 Å². The average Bonchev–Trinajstić information content (AvgIpc) is 3.07. The van der Waals surface area contributed by atoms with Crippen LogP contribution in [0.4, 0.5) is 0 Å². The average molecular weight is 275 g/mol. The van der Waals surface area contributed by atoms with E-state index in [1.807, 2.05) is 0 Å². The second-order valence-corrected chi connectivity index (χ2v) is 6.58. The molecule has 112 valence electrons. The molecule has 1 unspecified atom stereocenters. The van der Waals surface area contributed by atoms with Crippen LogP contribution in [-0.2, 0) is 19.4 Å². The lowest BCUT2D eigenvalue weighted by molar-refractivity contribution is 0.321. The minimum Gasteiger partial charge on any atom is -0.330 e. The summed E-state index contributed by atoms with van der Waals surface area (Å²) in [6, 6.07) is 0.640. The second-order valence-electron chi connectivity index (χ2n) is 6.58. The van der Waals surface area contributed by atoms with Crippen molar-refractivity contribution in [2.24, 2.45) is 5.92 Å². The third-order valence-electron chi connectivity index (χ3n) is 5.24. The highest BCUT2D eigenvalue weighted by Gasteiger charge is 2.27. The Labute approximate surface area is 123 Å². The fourth-order valence-electron chi connectivity index (χ4n) is 4.18. The van der Waals surface area contributed by atoms with Crippen molar-refractivity contribution in [3.8, 4) is 0 Å². The molecule has 3 nitrogen and oxygen atoms in total. The fourth-order valence-corrected chi connectivity index (χ4v) is 4.18. The molecule has 3 rings (SSSR count). The molecule has 1 fully saturated rings. The molecule has 0 saturated heterocycles. The van der Waals surface area contributed by atoms with Crippen LogP contribution in [0.15, 0.2) is 0 Å². The number of aromatic nitrogens is 2. The van der Waals surface area contributed by atoms with Gasteiger partial charge in [0.05, 0.1) is 5.69 Å². The standard InChI is InChI=1S/C17H29N3/c1-3-18-16(14-8-4-5-9-14)12-20-13(2)19-15-10-6-7-11-17(15)20/h14,16,18H,3-12H2,1-2H3. The predicted octanol–water partition coefficient (Wildman–Crippen LogP) is 3.24. The van der Waals surface area contributed by atoms with Crippen molar-refractivity contribution in [1.82, 2.24) is 14.9 Å². The Morgan fingerprint density at radius 1 is 1.20 bits per heavy atom. The quantitative estimate of drug-likeness (QED) is 0.894. The van der Waals surface area contributed by atoms with Crippen LogP contribution in [0, 0.1) is 12.8 Å². The molecule has 0 aromatic carbocycles.